The van der Waals surface area contributed by atoms with Gasteiger partial charge in [-0.3, -0.25) is 0 Å². The molecule has 4 rings (SSSR count). The fourth-order valence-electron chi connectivity index (χ4n) is 4.25. The van der Waals surface area contributed by atoms with Crippen molar-refractivity contribution in [2.45, 2.75) is 45.1 Å². The molecule has 0 spiro atoms. The van der Waals surface area contributed by atoms with Crippen LogP contribution in [0.4, 0.5) is 21.9 Å². The van der Waals surface area contributed by atoms with E-state index in [1.807, 2.05) is 55.5 Å². The maximum absolute atomic E-state index is 12.8. The zero-order valence-corrected chi connectivity index (χ0v) is 18.7. The van der Waals surface area contributed by atoms with E-state index < -0.39 is 5.97 Å². The molecule has 1 aliphatic carbocycles. The molecular formula is C27H29N3O3. The van der Waals surface area contributed by atoms with Gasteiger partial charge < -0.3 is 21.1 Å². The highest BCUT2D eigenvalue weighted by Crippen LogP contribution is 2.33. The fraction of sp³-hybridized carbons (Fsp3) is 0.259. The molecule has 2 amide bonds. The molecule has 0 unspecified atom stereocenters. The summed E-state index contributed by atoms with van der Waals surface area (Å²) in [5.41, 5.74) is 4.82. The molecule has 0 saturated heterocycles. The predicted octanol–water partition coefficient (Wildman–Crippen LogP) is 6.75. The van der Waals surface area contributed by atoms with Crippen LogP contribution in [0.1, 0.15) is 48.0 Å². The van der Waals surface area contributed by atoms with Crippen molar-refractivity contribution in [3.63, 3.8) is 0 Å². The first-order valence-electron chi connectivity index (χ1n) is 11.4. The van der Waals surface area contributed by atoms with Gasteiger partial charge in [0.15, 0.2) is 0 Å². The average Bonchev–Trinajstić information content (AvgIpc) is 2.82. The van der Waals surface area contributed by atoms with Crippen LogP contribution in [0.3, 0.4) is 0 Å². The van der Waals surface area contributed by atoms with Crippen LogP contribution >= 0.6 is 0 Å². The molecule has 0 radical (unpaired) electrons. The van der Waals surface area contributed by atoms with Crippen LogP contribution in [0.2, 0.25) is 0 Å². The summed E-state index contributed by atoms with van der Waals surface area (Å²) in [5, 5.41) is 19.0. The van der Waals surface area contributed by atoms with Crippen LogP contribution < -0.4 is 16.0 Å². The summed E-state index contributed by atoms with van der Waals surface area (Å²) in [4.78, 5) is 24.5. The topological polar surface area (TPSA) is 90.5 Å². The van der Waals surface area contributed by atoms with E-state index in [0.717, 1.165) is 29.7 Å². The van der Waals surface area contributed by atoms with E-state index in [0.29, 0.717) is 23.0 Å². The monoisotopic (exact) mass is 443 g/mol. The molecule has 0 atom stereocenters. The smallest absolute Gasteiger partial charge is 0.336 e. The minimum Gasteiger partial charge on any atom is -0.478 e. The largest absolute Gasteiger partial charge is 0.478 e. The highest BCUT2D eigenvalue weighted by Gasteiger charge is 2.18. The second-order valence-corrected chi connectivity index (χ2v) is 8.54. The Labute approximate surface area is 194 Å². The van der Waals surface area contributed by atoms with Crippen molar-refractivity contribution in [3.05, 3.63) is 77.9 Å². The maximum atomic E-state index is 12.8. The van der Waals surface area contributed by atoms with Crippen LogP contribution in [0.5, 0.6) is 0 Å². The van der Waals surface area contributed by atoms with Crippen molar-refractivity contribution in [1.29, 1.82) is 0 Å². The zero-order chi connectivity index (χ0) is 23.2. The Morgan fingerprint density at radius 2 is 1.58 bits per heavy atom. The molecule has 170 valence electrons. The van der Waals surface area contributed by atoms with Gasteiger partial charge in [-0.05, 0) is 61.2 Å². The Kier molecular flexibility index (Phi) is 6.93. The lowest BCUT2D eigenvalue weighted by atomic mass is 9.94. The standard InChI is InChI=1S/C27H29N3O3/c1-18-11-14-21(15-12-18)29-27(33)30-25-17-19(22-9-5-6-10-23(22)26(31)32)13-16-24(25)28-20-7-3-2-4-8-20/h5-6,9-17,20,28H,2-4,7-8H2,1H3,(H,31,32)(H2,29,30,33). The van der Waals surface area contributed by atoms with E-state index in [2.05, 4.69) is 16.0 Å². The molecule has 1 fully saturated rings. The minimum atomic E-state index is -0.985. The van der Waals surface area contributed by atoms with E-state index in [1.54, 1.807) is 18.2 Å². The maximum Gasteiger partial charge on any atom is 0.336 e. The lowest BCUT2D eigenvalue weighted by molar-refractivity contribution is 0.0697. The molecule has 0 bridgehead atoms. The number of anilines is 3. The van der Waals surface area contributed by atoms with Gasteiger partial charge in [0.05, 0.1) is 16.9 Å². The van der Waals surface area contributed by atoms with Gasteiger partial charge in [0.25, 0.3) is 0 Å². The van der Waals surface area contributed by atoms with Crippen molar-refractivity contribution < 1.29 is 14.7 Å². The van der Waals surface area contributed by atoms with Gasteiger partial charge >= 0.3 is 12.0 Å². The van der Waals surface area contributed by atoms with E-state index >= 15 is 0 Å². The number of aromatic carboxylic acids is 1. The van der Waals surface area contributed by atoms with Crippen LogP contribution in [0.25, 0.3) is 11.1 Å². The molecule has 3 aromatic carbocycles. The number of hydrogen-bond donors (Lipinski definition) is 4. The lowest BCUT2D eigenvalue weighted by Crippen LogP contribution is -2.24. The Hall–Kier alpha value is -3.80. The van der Waals surface area contributed by atoms with Gasteiger partial charge in [-0.15, -0.1) is 0 Å². The van der Waals surface area contributed by atoms with Crippen molar-refractivity contribution in [2.75, 3.05) is 16.0 Å². The highest BCUT2D eigenvalue weighted by atomic mass is 16.4. The number of urea groups is 1. The first-order chi connectivity index (χ1) is 16.0. The number of aryl methyl sites for hydroxylation is 1. The van der Waals surface area contributed by atoms with Gasteiger partial charge in [0, 0.05) is 11.7 Å². The average molecular weight is 444 g/mol. The van der Waals surface area contributed by atoms with Crippen LogP contribution in [-0.4, -0.2) is 23.1 Å². The number of amides is 2. The third-order valence-corrected chi connectivity index (χ3v) is 6.01. The molecule has 0 aliphatic heterocycles. The molecule has 3 aromatic rings. The first-order valence-corrected chi connectivity index (χ1v) is 11.4. The zero-order valence-electron chi connectivity index (χ0n) is 18.7. The Morgan fingerprint density at radius 3 is 2.30 bits per heavy atom. The van der Waals surface area contributed by atoms with Crippen LogP contribution in [0, 0.1) is 6.92 Å². The van der Waals surface area contributed by atoms with Gasteiger partial charge in [0.1, 0.15) is 0 Å². The van der Waals surface area contributed by atoms with Crippen molar-refractivity contribution >= 4 is 29.1 Å². The molecular weight excluding hydrogens is 414 g/mol. The molecule has 0 aromatic heterocycles. The molecule has 6 nitrogen and oxygen atoms in total. The second kappa shape index (κ2) is 10.2. The van der Waals surface area contributed by atoms with Gasteiger partial charge in [-0.1, -0.05) is 61.2 Å². The van der Waals surface area contributed by atoms with E-state index in [9.17, 15) is 14.7 Å². The third-order valence-electron chi connectivity index (χ3n) is 6.01. The number of hydrogen-bond acceptors (Lipinski definition) is 3. The van der Waals surface area contributed by atoms with Gasteiger partial charge in [-0.25, -0.2) is 9.59 Å². The summed E-state index contributed by atoms with van der Waals surface area (Å²) >= 11 is 0. The van der Waals surface area contributed by atoms with Crippen molar-refractivity contribution in [2.24, 2.45) is 0 Å². The minimum absolute atomic E-state index is 0.223. The third kappa shape index (κ3) is 5.71. The molecule has 6 heteroatoms. The quantitative estimate of drug-likeness (QED) is 0.339. The first kappa shape index (κ1) is 22.4. The Bertz CT molecular complexity index is 1140. The number of carbonyl (C=O) groups is 2. The second-order valence-electron chi connectivity index (χ2n) is 8.54. The Morgan fingerprint density at radius 1 is 0.848 bits per heavy atom. The number of nitrogens with one attached hydrogen (secondary N) is 3. The van der Waals surface area contributed by atoms with Crippen LogP contribution in [0.15, 0.2) is 66.7 Å². The van der Waals surface area contributed by atoms with Crippen LogP contribution in [-0.2, 0) is 0 Å². The molecule has 0 heterocycles. The Balaban J connectivity index is 1.63. The highest BCUT2D eigenvalue weighted by molar-refractivity contribution is 6.03. The normalized spacial score (nSPS) is 13.8. The molecule has 1 saturated carbocycles. The number of carboxylic acid groups (broad SMARTS) is 1. The van der Waals surface area contributed by atoms with E-state index in [1.165, 1.54) is 19.3 Å². The number of carboxylic acids is 1. The summed E-state index contributed by atoms with van der Waals surface area (Å²) in [6.07, 6.45) is 5.83. The van der Waals surface area contributed by atoms with Gasteiger partial charge in [0.2, 0.25) is 0 Å². The number of benzene rings is 3. The molecule has 1 aliphatic rings. The predicted molar refractivity (Wildman–Crippen MR) is 133 cm³/mol. The van der Waals surface area contributed by atoms with Gasteiger partial charge in [-0.2, -0.15) is 0 Å². The fourth-order valence-corrected chi connectivity index (χ4v) is 4.25. The van der Waals surface area contributed by atoms with Crippen molar-refractivity contribution in [1.82, 2.24) is 0 Å². The summed E-state index contributed by atoms with van der Waals surface area (Å²) < 4.78 is 0. The lowest BCUT2D eigenvalue weighted by Gasteiger charge is -2.25. The summed E-state index contributed by atoms with van der Waals surface area (Å²) in [6, 6.07) is 20.1. The van der Waals surface area contributed by atoms with E-state index in [4.69, 9.17) is 0 Å². The SMILES string of the molecule is Cc1ccc(NC(=O)Nc2cc(-c3ccccc3C(=O)O)ccc2NC2CCCCC2)cc1. The summed E-state index contributed by atoms with van der Waals surface area (Å²) in [5.74, 6) is -0.985. The number of carbonyl (C=O) groups excluding carboxylic acids is 1. The summed E-state index contributed by atoms with van der Waals surface area (Å²) in [6.45, 7) is 1.99. The number of rotatable bonds is 6. The van der Waals surface area contributed by atoms with Crippen molar-refractivity contribution in [3.8, 4) is 11.1 Å². The molecule has 33 heavy (non-hydrogen) atoms. The molecule has 4 N–H and O–H groups in total. The van der Waals surface area contributed by atoms with E-state index in [-0.39, 0.29) is 11.6 Å². The summed E-state index contributed by atoms with van der Waals surface area (Å²) in [7, 11) is 0.